The third-order valence-corrected chi connectivity index (χ3v) is 3.89. The minimum absolute atomic E-state index is 0.100. The first-order valence-corrected chi connectivity index (χ1v) is 5.54. The Morgan fingerprint density at radius 1 is 1.31 bits per heavy atom. The molecule has 0 fully saturated rings. The molecule has 0 aliphatic rings. The minimum atomic E-state index is -3.68. The summed E-state index contributed by atoms with van der Waals surface area (Å²) in [4.78, 5) is 0.100. The number of hydrogen-bond donors (Lipinski definition) is 0. The van der Waals surface area contributed by atoms with Crippen LogP contribution in [0.15, 0.2) is 29.2 Å². The van der Waals surface area contributed by atoms with Gasteiger partial charge >= 0.3 is 10.0 Å². The zero-order valence-electron chi connectivity index (χ0n) is 6.77. The van der Waals surface area contributed by atoms with Crippen molar-refractivity contribution in [2.45, 2.75) is 11.8 Å². The highest BCUT2D eigenvalue weighted by molar-refractivity contribution is 7.89. The van der Waals surface area contributed by atoms with Gasteiger partial charge < -0.3 is 0 Å². The van der Waals surface area contributed by atoms with Crippen LogP contribution in [-0.2, 0) is 10.0 Å². The Hall–Kier alpha value is -0.290. The molecule has 1 aromatic carbocycles. The number of benzene rings is 1. The van der Waals surface area contributed by atoms with E-state index in [0.29, 0.717) is 0 Å². The van der Waals surface area contributed by atoms with Crippen molar-refractivity contribution < 1.29 is 20.2 Å². The molecule has 0 amide bonds. The van der Waals surface area contributed by atoms with Gasteiger partial charge in [-0.1, -0.05) is 17.7 Å². The van der Waals surface area contributed by atoms with Crippen molar-refractivity contribution in [1.82, 2.24) is 3.34 Å². The predicted molar refractivity (Wildman–Crippen MR) is 47.5 cm³/mol. The van der Waals surface area contributed by atoms with Gasteiger partial charge in [-0.2, -0.15) is 0 Å². The van der Waals surface area contributed by atoms with Gasteiger partial charge in [0.15, 0.2) is 0 Å². The van der Waals surface area contributed by atoms with Crippen molar-refractivity contribution in [2.24, 2.45) is 0 Å². The SMILES string of the molecule is Cc1ccc(S(=O)(=O)N(Cl)[ClH+])cc1. The number of sulfonamides is 1. The van der Waals surface area contributed by atoms with Crippen LogP contribution in [0.4, 0.5) is 0 Å². The van der Waals surface area contributed by atoms with Gasteiger partial charge in [0.25, 0.3) is 11.8 Å². The molecule has 0 radical (unpaired) electrons. The van der Waals surface area contributed by atoms with E-state index in [1.165, 1.54) is 12.1 Å². The quantitative estimate of drug-likeness (QED) is 0.732. The molecule has 3 nitrogen and oxygen atoms in total. The summed E-state index contributed by atoms with van der Waals surface area (Å²) >= 11 is 9.54. The molecule has 13 heavy (non-hydrogen) atoms. The molecule has 0 spiro atoms. The maximum absolute atomic E-state index is 11.3. The molecule has 0 atom stereocenters. The number of halogens is 2. The average molecular weight is 241 g/mol. The molecular weight excluding hydrogens is 233 g/mol. The Morgan fingerprint density at radius 2 is 1.77 bits per heavy atom. The van der Waals surface area contributed by atoms with E-state index in [9.17, 15) is 8.42 Å². The summed E-state index contributed by atoms with van der Waals surface area (Å²) in [6.07, 6.45) is 0. The van der Waals surface area contributed by atoms with Crippen LogP contribution < -0.4 is 0 Å². The summed E-state index contributed by atoms with van der Waals surface area (Å²) in [5.41, 5.74) is 0.976. The summed E-state index contributed by atoms with van der Waals surface area (Å²) < 4.78 is 22.9. The van der Waals surface area contributed by atoms with Crippen molar-refractivity contribution >= 4 is 21.8 Å². The first-order chi connectivity index (χ1) is 5.94. The van der Waals surface area contributed by atoms with E-state index in [2.05, 4.69) is 11.8 Å². The fourth-order valence-electron chi connectivity index (χ4n) is 0.793. The van der Waals surface area contributed by atoms with E-state index in [-0.39, 0.29) is 8.24 Å². The second kappa shape index (κ2) is 3.84. The summed E-state index contributed by atoms with van der Waals surface area (Å²) in [5.74, 6) is 0. The van der Waals surface area contributed by atoms with Crippen LogP contribution in [0.25, 0.3) is 0 Å². The zero-order valence-corrected chi connectivity index (χ0v) is 9.16. The third-order valence-electron chi connectivity index (χ3n) is 1.51. The van der Waals surface area contributed by atoms with Crippen molar-refractivity contribution in [2.75, 3.05) is 0 Å². The second-order valence-electron chi connectivity index (χ2n) is 2.50. The summed E-state index contributed by atoms with van der Waals surface area (Å²) in [6.45, 7) is 1.86. The molecule has 0 aromatic heterocycles. The fraction of sp³-hybridized carbons (Fsp3) is 0.143. The van der Waals surface area contributed by atoms with Gasteiger partial charge in [-0.25, -0.2) is 8.42 Å². The minimum Gasteiger partial charge on any atom is -0.201 e. The van der Waals surface area contributed by atoms with Crippen LogP contribution in [-0.4, -0.2) is 11.8 Å². The van der Waals surface area contributed by atoms with Crippen LogP contribution >= 0.6 is 11.8 Å². The molecule has 0 heterocycles. The summed E-state index contributed by atoms with van der Waals surface area (Å²) in [5, 5.41) is 0. The van der Waals surface area contributed by atoms with Crippen LogP contribution in [0.5, 0.6) is 0 Å². The second-order valence-corrected chi connectivity index (χ2v) is 5.62. The molecule has 0 saturated heterocycles. The summed E-state index contributed by atoms with van der Waals surface area (Å²) in [6, 6.07) is 6.30. The lowest BCUT2D eigenvalue weighted by atomic mass is 10.2. The monoisotopic (exact) mass is 240 g/mol. The number of nitrogens with zero attached hydrogens (tertiary/aromatic N) is 1. The van der Waals surface area contributed by atoms with E-state index in [1.54, 1.807) is 12.1 Å². The normalized spacial score (nSPS) is 12.0. The first-order valence-electron chi connectivity index (χ1n) is 3.39. The molecule has 72 valence electrons. The van der Waals surface area contributed by atoms with E-state index in [1.807, 2.05) is 6.92 Å². The van der Waals surface area contributed by atoms with Gasteiger partial charge in [0.2, 0.25) is 0 Å². The first kappa shape index (κ1) is 10.8. The highest BCUT2D eigenvalue weighted by Crippen LogP contribution is 2.16. The molecule has 0 N–H and O–H groups in total. The molecule has 6 heteroatoms. The molecule has 0 bridgehead atoms. The number of rotatable bonds is 2. The molecular formula is C7H8Cl2NO2S+. The topological polar surface area (TPSA) is 37.4 Å². The summed E-state index contributed by atoms with van der Waals surface area (Å²) in [7, 11) is -3.68. The highest BCUT2D eigenvalue weighted by Gasteiger charge is 2.26. The van der Waals surface area contributed by atoms with Gasteiger partial charge in [0.1, 0.15) is 3.34 Å². The van der Waals surface area contributed by atoms with Gasteiger partial charge in [-0.3, -0.25) is 0 Å². The van der Waals surface area contributed by atoms with Gasteiger partial charge in [0.05, 0.1) is 16.7 Å². The maximum atomic E-state index is 11.3. The van der Waals surface area contributed by atoms with Crippen molar-refractivity contribution in [3.63, 3.8) is 0 Å². The van der Waals surface area contributed by atoms with Crippen LogP contribution in [0.2, 0.25) is 0 Å². The number of aryl methyl sites for hydroxylation is 1. The molecule has 0 saturated carbocycles. The van der Waals surface area contributed by atoms with Crippen LogP contribution in [0.1, 0.15) is 5.56 Å². The molecule has 1 rings (SSSR count). The number of hydrogen-bond acceptors (Lipinski definition) is 2. The van der Waals surface area contributed by atoms with Crippen LogP contribution in [0, 0.1) is 18.7 Å². The Bertz CT molecular complexity index is 385. The lowest BCUT2D eigenvalue weighted by molar-refractivity contribution is -0.493. The fourth-order valence-corrected chi connectivity index (χ4v) is 1.94. The predicted octanol–water partition coefficient (Wildman–Crippen LogP) is 1.34. The third kappa shape index (κ3) is 2.34. The maximum Gasteiger partial charge on any atom is 0.305 e. The van der Waals surface area contributed by atoms with Gasteiger partial charge in [-0.05, 0) is 19.1 Å². The van der Waals surface area contributed by atoms with E-state index in [0.717, 1.165) is 5.56 Å². The molecule has 0 aliphatic heterocycles. The molecule has 1 aromatic rings. The van der Waals surface area contributed by atoms with E-state index < -0.39 is 10.0 Å². The van der Waals surface area contributed by atoms with Crippen molar-refractivity contribution in [1.29, 1.82) is 0 Å². The van der Waals surface area contributed by atoms with Gasteiger partial charge in [-0.15, -0.1) is 0 Å². The molecule has 0 aliphatic carbocycles. The lowest BCUT2D eigenvalue weighted by Gasteiger charge is -2.00. The highest BCUT2D eigenvalue weighted by atomic mass is 35.5. The average Bonchev–Trinajstić information content (AvgIpc) is 2.04. The van der Waals surface area contributed by atoms with Crippen molar-refractivity contribution in [3.8, 4) is 0 Å². The Kier molecular flexibility index (Phi) is 3.18. The van der Waals surface area contributed by atoms with Crippen molar-refractivity contribution in [3.05, 3.63) is 29.8 Å². The Morgan fingerprint density at radius 3 is 2.15 bits per heavy atom. The standard InChI is InChI=1S/C7H8Cl2NO2S/c1-6-2-4-7(5-3-6)13(11,12)10(8)9/h2-5,8H,1H3/q+1. The Balaban J connectivity index is 3.17. The molecule has 0 unspecified atom stereocenters. The van der Waals surface area contributed by atoms with Gasteiger partial charge in [0, 0.05) is 0 Å². The Labute approximate surface area is 87.1 Å². The van der Waals surface area contributed by atoms with Crippen LogP contribution in [0.3, 0.4) is 0 Å². The smallest absolute Gasteiger partial charge is 0.201 e. The zero-order chi connectivity index (χ0) is 10.1. The largest absolute Gasteiger partial charge is 0.305 e. The lowest BCUT2D eigenvalue weighted by Crippen LogP contribution is -2.15. The van der Waals surface area contributed by atoms with E-state index in [4.69, 9.17) is 11.8 Å². The van der Waals surface area contributed by atoms with E-state index >= 15 is 0 Å².